The van der Waals surface area contributed by atoms with Gasteiger partial charge in [-0.1, -0.05) is 0 Å². The van der Waals surface area contributed by atoms with Gasteiger partial charge in [0.2, 0.25) is 0 Å². The summed E-state index contributed by atoms with van der Waals surface area (Å²) in [5.41, 5.74) is 0. The molecule has 4 atom stereocenters. The molecule has 0 saturated heterocycles. The van der Waals surface area contributed by atoms with Crippen LogP contribution in [-0.2, 0) is 18.1 Å². The molecule has 0 amide bonds. The van der Waals surface area contributed by atoms with Crippen LogP contribution in [0, 0.1) is 0 Å². The molecule has 0 saturated carbocycles. The van der Waals surface area contributed by atoms with E-state index in [4.69, 9.17) is 14.8 Å². The molecule has 4 unspecified atom stereocenters. The fourth-order valence-electron chi connectivity index (χ4n) is 0. The molecule has 64 valence electrons. The minimum Gasteiger partial charge on any atom is -0.0395 e. The van der Waals surface area contributed by atoms with E-state index in [1.54, 1.807) is 0 Å². The minimum atomic E-state index is -6.00. The van der Waals surface area contributed by atoms with Gasteiger partial charge in [0.25, 0.3) is 0 Å². The van der Waals surface area contributed by atoms with E-state index in [1.165, 1.54) is 0 Å². The zero-order valence-electron chi connectivity index (χ0n) is 6.13. The third-order valence-corrected chi connectivity index (χ3v) is 0. The van der Waals surface area contributed by atoms with Gasteiger partial charge in [-0.15, -0.1) is 0 Å². The quantitative estimate of drug-likeness (QED) is 0.317. The van der Waals surface area contributed by atoms with Gasteiger partial charge in [-0.05, 0) is 39.6 Å². The Morgan fingerprint density at radius 2 is 0.556 bits per heavy atom. The molecule has 0 spiro atoms. The number of rotatable bonds is 0. The van der Waals surface area contributed by atoms with E-state index < -0.39 is 18.1 Å². The molecule has 0 bridgehead atoms. The van der Waals surface area contributed by atoms with Gasteiger partial charge in [0.05, 0.1) is 0 Å². The van der Waals surface area contributed by atoms with E-state index >= 15 is 0 Å². The smallest absolute Gasteiger partial charge is 0.0395 e. The fraction of sp³-hybridized carbons (Fsp3) is 0. The average molecular weight is 252 g/mol. The van der Waals surface area contributed by atoms with Gasteiger partial charge in [0.15, 0.2) is 0 Å². The Bertz CT molecular complexity index is 28.0. The summed E-state index contributed by atoms with van der Waals surface area (Å²) >= 11 is -6.00. The molecule has 0 aliphatic heterocycles. The molecule has 0 radical (unpaired) electrons. The molecular weight excluding hydrogens is 236 g/mol. The maximum Gasteiger partial charge on any atom is -0.0395 e. The van der Waals surface area contributed by atoms with Crippen molar-refractivity contribution in [3.63, 3.8) is 0 Å². The normalized spacial score (nSPS) is 6.67. The third-order valence-electron chi connectivity index (χ3n) is 0. The van der Waals surface area contributed by atoms with E-state index in [9.17, 15) is 0 Å². The molecule has 9 heteroatoms. The van der Waals surface area contributed by atoms with Crippen molar-refractivity contribution < 1.29 is 32.9 Å². The van der Waals surface area contributed by atoms with Crippen LogP contribution in [0.1, 0.15) is 0 Å². The predicted octanol–water partition coefficient (Wildman–Crippen LogP) is -5.60. The van der Waals surface area contributed by atoms with Gasteiger partial charge in [0, 0.05) is 0 Å². The molecule has 0 rings (SSSR count). The maximum absolute atomic E-state index is 8.62. The second-order valence-electron chi connectivity index (χ2n) is 0.500. The van der Waals surface area contributed by atoms with Crippen LogP contribution in [0.4, 0.5) is 0 Å². The van der Waals surface area contributed by atoms with Crippen LogP contribution in [0.5, 0.6) is 0 Å². The first kappa shape index (κ1) is 30.2. The Morgan fingerprint density at radius 1 is 0.556 bits per heavy atom. The van der Waals surface area contributed by atoms with E-state index in [-0.39, 0.29) is 39.6 Å². The molecule has 0 N–H and O–H groups in total. The standard InChI is InChI=1S/4O.4H3P.Ti/h;;;;4*1H3;/q4*-1;;;;;/p+4. The van der Waals surface area contributed by atoms with E-state index in [0.717, 1.165) is 0 Å². The first-order chi connectivity index (χ1) is 2.00. The summed E-state index contributed by atoms with van der Waals surface area (Å²) in [4.78, 5) is 0. The summed E-state index contributed by atoms with van der Waals surface area (Å²) in [5.74, 6) is 0. The summed E-state index contributed by atoms with van der Waals surface area (Å²) in [6.07, 6.45) is 0. The summed E-state index contributed by atoms with van der Waals surface area (Å²) in [7, 11) is 0. The topological polar surface area (TPSA) is 92.2 Å². The van der Waals surface area contributed by atoms with Gasteiger partial charge in [0.1, 0.15) is 0 Å². The van der Waals surface area contributed by atoms with E-state index in [1.807, 2.05) is 0 Å². The monoisotopic (exact) mass is 252 g/mol. The van der Waals surface area contributed by atoms with Crippen molar-refractivity contribution in [2.24, 2.45) is 0 Å². The average Bonchev–Trinajstić information content (AvgIpc) is 0.722. The summed E-state index contributed by atoms with van der Waals surface area (Å²) in [6.45, 7) is 0. The molecule has 0 aromatic carbocycles. The molecule has 0 fully saturated rings. The van der Waals surface area contributed by atoms with Gasteiger partial charge in [-0.2, -0.15) is 0 Å². The van der Waals surface area contributed by atoms with Gasteiger partial charge < -0.3 is 0 Å². The van der Waals surface area contributed by atoms with Crippen LogP contribution in [0.3, 0.4) is 0 Å². The van der Waals surface area contributed by atoms with Crippen LogP contribution in [0.2, 0.25) is 0 Å². The van der Waals surface area contributed by atoms with Crippen molar-refractivity contribution in [2.45, 2.75) is 0 Å². The molecule has 0 aromatic heterocycles. The molecule has 0 heterocycles. The largest absolute Gasteiger partial charge is 0.0395 e. The minimum absolute atomic E-state index is 0. The zero-order chi connectivity index (χ0) is 4.50. The Morgan fingerprint density at radius 3 is 0.556 bits per heavy atom. The molecule has 9 heavy (non-hydrogen) atoms. The van der Waals surface area contributed by atoms with Crippen molar-refractivity contribution in [1.82, 2.24) is 0 Å². The van der Waals surface area contributed by atoms with E-state index in [2.05, 4.69) is 0 Å². The Hall–Kier alpha value is 2.27. The fourth-order valence-corrected chi connectivity index (χ4v) is 0. The van der Waals surface area contributed by atoms with Crippen LogP contribution in [0.15, 0.2) is 0 Å². The van der Waals surface area contributed by atoms with Crippen molar-refractivity contribution in [3.05, 3.63) is 0 Å². The molecule has 4 nitrogen and oxygen atoms in total. The first-order valence-corrected chi connectivity index (χ1v) is 3.37. The number of hydrogen-bond acceptors (Lipinski definition) is 4. The summed E-state index contributed by atoms with van der Waals surface area (Å²) < 4.78 is 34.5. The molecule has 0 aliphatic carbocycles. The maximum atomic E-state index is 8.62. The van der Waals surface area contributed by atoms with Gasteiger partial charge in [-0.25, -0.2) is 0 Å². The first-order valence-electron chi connectivity index (χ1n) is 0.816. The summed E-state index contributed by atoms with van der Waals surface area (Å²) in [5, 5.41) is 0. The Labute approximate surface area is 72.6 Å². The third kappa shape index (κ3) is 136. The second-order valence-corrected chi connectivity index (χ2v) is 2.06. The van der Waals surface area contributed by atoms with Crippen LogP contribution < -0.4 is 14.8 Å². The SMILES string of the molecule is [O-][Ti]([O-])([O-])[O-].[PH4+].[PH4+].[PH4+].[PH4+]. The van der Waals surface area contributed by atoms with Crippen molar-refractivity contribution in [1.29, 1.82) is 0 Å². The second kappa shape index (κ2) is 12.9. The summed E-state index contributed by atoms with van der Waals surface area (Å²) in [6, 6.07) is 0. The molecular formula is H16O4P4Ti. The van der Waals surface area contributed by atoms with Crippen molar-refractivity contribution >= 4 is 39.6 Å². The van der Waals surface area contributed by atoms with Crippen molar-refractivity contribution in [2.75, 3.05) is 0 Å². The number of hydrogen-bond donors (Lipinski definition) is 0. The predicted molar refractivity (Wildman–Crippen MR) is 50.0 cm³/mol. The Balaban J connectivity index is -0.0000000133. The van der Waals surface area contributed by atoms with Crippen molar-refractivity contribution in [3.8, 4) is 0 Å². The van der Waals surface area contributed by atoms with Crippen LogP contribution in [-0.4, -0.2) is 0 Å². The zero-order valence-corrected chi connectivity index (χ0v) is 15.7. The van der Waals surface area contributed by atoms with E-state index in [0.29, 0.717) is 0 Å². The van der Waals surface area contributed by atoms with Crippen LogP contribution >= 0.6 is 39.6 Å². The molecule has 0 aromatic rings. The van der Waals surface area contributed by atoms with Gasteiger partial charge >= 0.3 is 32.9 Å². The Kier molecular flexibility index (Phi) is 43.4. The van der Waals surface area contributed by atoms with Crippen LogP contribution in [0.25, 0.3) is 0 Å². The molecule has 0 aliphatic rings. The van der Waals surface area contributed by atoms with Gasteiger partial charge in [-0.3, -0.25) is 0 Å².